The van der Waals surface area contributed by atoms with Crippen molar-refractivity contribution in [3.05, 3.63) is 29.0 Å². The summed E-state index contributed by atoms with van der Waals surface area (Å²) in [5.41, 5.74) is 1.00. The van der Waals surface area contributed by atoms with Crippen LogP contribution in [-0.4, -0.2) is 24.0 Å². The van der Waals surface area contributed by atoms with Crippen LogP contribution >= 0.6 is 11.6 Å². The lowest BCUT2D eigenvalue weighted by Gasteiger charge is -2.04. The van der Waals surface area contributed by atoms with Crippen molar-refractivity contribution in [1.29, 1.82) is 0 Å². The number of rotatable bonds is 5. The van der Waals surface area contributed by atoms with Gasteiger partial charge in [-0.05, 0) is 18.6 Å². The fourth-order valence-electron chi connectivity index (χ4n) is 1.09. The van der Waals surface area contributed by atoms with Crippen LogP contribution in [-0.2, 0) is 11.3 Å². The Morgan fingerprint density at radius 2 is 2.33 bits per heavy atom. The molecule has 1 aromatic rings. The molecule has 0 bridgehead atoms. The highest BCUT2D eigenvalue weighted by molar-refractivity contribution is 6.29. The van der Waals surface area contributed by atoms with Crippen molar-refractivity contribution >= 4 is 17.5 Å². The molecule has 0 aliphatic heterocycles. The average Bonchev–Trinajstić information content (AvgIpc) is 2.21. The van der Waals surface area contributed by atoms with Gasteiger partial charge in [0.15, 0.2) is 0 Å². The van der Waals surface area contributed by atoms with Crippen molar-refractivity contribution in [1.82, 2.24) is 15.6 Å². The number of likely N-dealkylation sites (N-methyl/N-ethyl adjacent to an activating group) is 1. The van der Waals surface area contributed by atoms with E-state index in [-0.39, 0.29) is 5.91 Å². The number of halogens is 1. The zero-order chi connectivity index (χ0) is 11.1. The Bertz CT molecular complexity index is 313. The van der Waals surface area contributed by atoms with Crippen LogP contribution in [0.5, 0.6) is 0 Å². The molecule has 82 valence electrons. The molecule has 4 nitrogen and oxygen atoms in total. The fourth-order valence-corrected chi connectivity index (χ4v) is 1.20. The largest absolute Gasteiger partial charge is 0.355 e. The maximum Gasteiger partial charge on any atom is 0.233 e. The zero-order valence-corrected chi connectivity index (χ0v) is 9.34. The van der Waals surface area contributed by atoms with E-state index >= 15 is 0 Å². The number of hydrogen-bond donors (Lipinski definition) is 2. The van der Waals surface area contributed by atoms with Crippen molar-refractivity contribution in [3.8, 4) is 0 Å². The van der Waals surface area contributed by atoms with Crippen molar-refractivity contribution in [2.75, 3.05) is 13.1 Å². The van der Waals surface area contributed by atoms with Crippen molar-refractivity contribution in [2.24, 2.45) is 0 Å². The molecule has 0 unspecified atom stereocenters. The number of nitrogens with zero attached hydrogens (tertiary/aromatic N) is 1. The number of carbonyl (C=O) groups excluding carboxylic acids is 1. The second-order valence-corrected chi connectivity index (χ2v) is 3.43. The first-order chi connectivity index (χ1) is 7.22. The van der Waals surface area contributed by atoms with Crippen LogP contribution < -0.4 is 10.6 Å². The fraction of sp³-hybridized carbons (Fsp3) is 0.400. The van der Waals surface area contributed by atoms with Crippen LogP contribution in [0.25, 0.3) is 0 Å². The number of aromatic nitrogens is 1. The highest BCUT2D eigenvalue weighted by Gasteiger charge is 1.98. The summed E-state index contributed by atoms with van der Waals surface area (Å²) in [7, 11) is 0. The Balaban J connectivity index is 2.26. The van der Waals surface area contributed by atoms with Gasteiger partial charge in [-0.1, -0.05) is 17.7 Å². The molecule has 0 aliphatic carbocycles. The van der Waals surface area contributed by atoms with E-state index in [1.807, 2.05) is 13.0 Å². The van der Waals surface area contributed by atoms with Crippen LogP contribution in [0, 0.1) is 0 Å². The number of hydrogen-bond acceptors (Lipinski definition) is 3. The molecule has 0 atom stereocenters. The summed E-state index contributed by atoms with van der Waals surface area (Å²) in [6.07, 6.45) is 1.69. The number of nitrogens with one attached hydrogen (secondary N) is 2. The number of carbonyl (C=O) groups is 1. The van der Waals surface area contributed by atoms with Gasteiger partial charge in [0, 0.05) is 19.3 Å². The quantitative estimate of drug-likeness (QED) is 0.737. The van der Waals surface area contributed by atoms with Gasteiger partial charge in [-0.25, -0.2) is 4.98 Å². The SMILES string of the molecule is CCNC(=O)CNCc1ccc(Cl)nc1. The predicted octanol–water partition coefficient (Wildman–Crippen LogP) is 0.961. The van der Waals surface area contributed by atoms with Gasteiger partial charge < -0.3 is 10.6 Å². The Morgan fingerprint density at radius 1 is 1.53 bits per heavy atom. The van der Waals surface area contributed by atoms with Gasteiger partial charge in [-0.2, -0.15) is 0 Å². The zero-order valence-electron chi connectivity index (χ0n) is 8.59. The van der Waals surface area contributed by atoms with E-state index in [0.29, 0.717) is 24.8 Å². The molecule has 0 aliphatic rings. The van der Waals surface area contributed by atoms with E-state index in [1.54, 1.807) is 12.3 Å². The molecular weight excluding hydrogens is 214 g/mol. The lowest BCUT2D eigenvalue weighted by atomic mass is 10.3. The molecule has 0 saturated heterocycles. The highest BCUT2D eigenvalue weighted by atomic mass is 35.5. The van der Waals surface area contributed by atoms with Gasteiger partial charge in [-0.15, -0.1) is 0 Å². The van der Waals surface area contributed by atoms with E-state index in [1.165, 1.54) is 0 Å². The van der Waals surface area contributed by atoms with E-state index in [0.717, 1.165) is 5.56 Å². The molecule has 1 aromatic heterocycles. The van der Waals surface area contributed by atoms with Crippen LogP contribution in [0.15, 0.2) is 18.3 Å². The van der Waals surface area contributed by atoms with E-state index in [9.17, 15) is 4.79 Å². The predicted molar refractivity (Wildman–Crippen MR) is 59.6 cm³/mol. The molecule has 15 heavy (non-hydrogen) atoms. The molecule has 2 N–H and O–H groups in total. The first-order valence-corrected chi connectivity index (χ1v) is 5.18. The maximum absolute atomic E-state index is 11.1. The van der Waals surface area contributed by atoms with Gasteiger partial charge in [0.05, 0.1) is 6.54 Å². The first-order valence-electron chi connectivity index (χ1n) is 4.80. The first kappa shape index (κ1) is 11.9. The summed E-state index contributed by atoms with van der Waals surface area (Å²) in [5.74, 6) is -0.000535. The minimum atomic E-state index is -0.000535. The molecule has 0 spiro atoms. The summed E-state index contributed by atoms with van der Waals surface area (Å²) in [6.45, 7) is 3.47. The molecule has 0 radical (unpaired) electrons. The standard InChI is InChI=1S/C10H14ClN3O/c1-2-13-10(15)7-12-5-8-3-4-9(11)14-6-8/h3-4,6,12H,2,5,7H2,1H3,(H,13,15). The number of amides is 1. The molecule has 0 aromatic carbocycles. The Labute approximate surface area is 94.0 Å². The summed E-state index contributed by atoms with van der Waals surface area (Å²) in [5, 5.41) is 6.19. The third kappa shape index (κ3) is 4.76. The number of pyridine rings is 1. The lowest BCUT2D eigenvalue weighted by molar-refractivity contribution is -0.120. The van der Waals surface area contributed by atoms with Crippen LogP contribution in [0.2, 0.25) is 5.15 Å². The van der Waals surface area contributed by atoms with Gasteiger partial charge >= 0.3 is 0 Å². The molecule has 5 heteroatoms. The summed E-state index contributed by atoms with van der Waals surface area (Å²) in [4.78, 5) is 15.0. The molecule has 1 heterocycles. The second kappa shape index (κ2) is 6.37. The molecule has 0 saturated carbocycles. The monoisotopic (exact) mass is 227 g/mol. The smallest absolute Gasteiger partial charge is 0.233 e. The Hall–Kier alpha value is -1.13. The third-order valence-electron chi connectivity index (χ3n) is 1.78. The third-order valence-corrected chi connectivity index (χ3v) is 2.00. The van der Waals surface area contributed by atoms with Gasteiger partial charge in [0.2, 0.25) is 5.91 Å². The second-order valence-electron chi connectivity index (χ2n) is 3.05. The van der Waals surface area contributed by atoms with Crippen molar-refractivity contribution in [2.45, 2.75) is 13.5 Å². The maximum atomic E-state index is 11.1. The van der Waals surface area contributed by atoms with Gasteiger partial charge in [0.1, 0.15) is 5.15 Å². The van der Waals surface area contributed by atoms with Crippen LogP contribution in [0.4, 0.5) is 0 Å². The van der Waals surface area contributed by atoms with E-state index in [2.05, 4.69) is 15.6 Å². The molecule has 0 fully saturated rings. The van der Waals surface area contributed by atoms with E-state index < -0.39 is 0 Å². The topological polar surface area (TPSA) is 54.0 Å². The molecular formula is C10H14ClN3O. The van der Waals surface area contributed by atoms with Crippen molar-refractivity contribution < 1.29 is 4.79 Å². The summed E-state index contributed by atoms with van der Waals surface area (Å²) >= 11 is 5.64. The van der Waals surface area contributed by atoms with Crippen LogP contribution in [0.3, 0.4) is 0 Å². The van der Waals surface area contributed by atoms with Crippen molar-refractivity contribution in [3.63, 3.8) is 0 Å². The summed E-state index contributed by atoms with van der Waals surface area (Å²) < 4.78 is 0. The normalized spacial score (nSPS) is 10.0. The summed E-state index contributed by atoms with van der Waals surface area (Å²) in [6, 6.07) is 3.60. The molecule has 1 amide bonds. The average molecular weight is 228 g/mol. The van der Waals surface area contributed by atoms with E-state index in [4.69, 9.17) is 11.6 Å². The molecule has 1 rings (SSSR count). The highest BCUT2D eigenvalue weighted by Crippen LogP contribution is 2.04. The minimum Gasteiger partial charge on any atom is -0.355 e. The minimum absolute atomic E-state index is 0.000535. The van der Waals surface area contributed by atoms with Gasteiger partial charge in [-0.3, -0.25) is 4.79 Å². The Morgan fingerprint density at radius 3 is 2.93 bits per heavy atom. The van der Waals surface area contributed by atoms with Gasteiger partial charge in [0.25, 0.3) is 0 Å². The van der Waals surface area contributed by atoms with Crippen LogP contribution in [0.1, 0.15) is 12.5 Å². The Kier molecular flexibility index (Phi) is 5.07. The lowest BCUT2D eigenvalue weighted by Crippen LogP contribution is -2.33.